The van der Waals surface area contributed by atoms with Crippen molar-refractivity contribution >= 4 is 19.7 Å². The molecule has 1 atom stereocenters. The molecule has 1 rings (SSSR count). The number of nitrogens with zero attached hydrogens (tertiary/aromatic N) is 2. The second-order valence-corrected chi connectivity index (χ2v) is 6.17. The molecule has 0 aromatic carbocycles. The molecule has 9 heteroatoms. The number of aromatic nitrogens is 2. The highest BCUT2D eigenvalue weighted by Crippen LogP contribution is 2.42. The van der Waals surface area contributed by atoms with Crippen molar-refractivity contribution in [3.8, 4) is 0 Å². The molecule has 1 aromatic heterocycles. The van der Waals surface area contributed by atoms with E-state index < -0.39 is 26.0 Å². The molecule has 0 radical (unpaired) electrons. The lowest BCUT2D eigenvalue weighted by Gasteiger charge is -2.16. The standard InChI is InChI=1S/C8H10ClF3N2O2S/c1-3-6-5(4-14(2)13-6)7(8(10,11)12)17(9,15)16/h4,7H,3H2,1-2H3. The average Bonchev–Trinajstić information content (AvgIpc) is 2.41. The fourth-order valence-electron chi connectivity index (χ4n) is 1.53. The molecule has 0 aliphatic rings. The van der Waals surface area contributed by atoms with Crippen molar-refractivity contribution in [3.05, 3.63) is 17.5 Å². The highest BCUT2D eigenvalue weighted by atomic mass is 35.7. The van der Waals surface area contributed by atoms with E-state index in [0.29, 0.717) is 0 Å². The molecule has 0 spiro atoms. The topological polar surface area (TPSA) is 52.0 Å². The van der Waals surface area contributed by atoms with Crippen LogP contribution in [-0.4, -0.2) is 24.4 Å². The van der Waals surface area contributed by atoms with Crippen molar-refractivity contribution in [1.82, 2.24) is 9.78 Å². The number of hydrogen-bond acceptors (Lipinski definition) is 3. The summed E-state index contributed by atoms with van der Waals surface area (Å²) in [6.07, 6.45) is -3.75. The first-order valence-corrected chi connectivity index (χ1v) is 6.97. The maximum absolute atomic E-state index is 12.7. The number of aryl methyl sites for hydroxylation is 2. The van der Waals surface area contributed by atoms with Crippen LogP contribution in [0.4, 0.5) is 13.2 Å². The highest BCUT2D eigenvalue weighted by molar-refractivity contribution is 8.14. The Bertz CT molecular complexity index is 509. The molecule has 1 aromatic rings. The fourth-order valence-corrected chi connectivity index (χ4v) is 2.94. The van der Waals surface area contributed by atoms with Gasteiger partial charge in [0.15, 0.2) is 5.25 Å². The Kier molecular flexibility index (Phi) is 3.78. The summed E-state index contributed by atoms with van der Waals surface area (Å²) >= 11 is 0. The van der Waals surface area contributed by atoms with E-state index in [1.54, 1.807) is 6.92 Å². The molecule has 4 nitrogen and oxygen atoms in total. The average molecular weight is 291 g/mol. The molecule has 17 heavy (non-hydrogen) atoms. The number of rotatable bonds is 3. The zero-order chi connectivity index (χ0) is 13.4. The van der Waals surface area contributed by atoms with Gasteiger partial charge in [0.2, 0.25) is 9.05 Å². The highest BCUT2D eigenvalue weighted by Gasteiger charge is 2.50. The third-order valence-electron chi connectivity index (χ3n) is 2.13. The predicted molar refractivity (Wildman–Crippen MR) is 56.2 cm³/mol. The van der Waals surface area contributed by atoms with Crippen molar-refractivity contribution in [2.75, 3.05) is 0 Å². The van der Waals surface area contributed by atoms with Crippen molar-refractivity contribution in [3.63, 3.8) is 0 Å². The summed E-state index contributed by atoms with van der Waals surface area (Å²) in [6, 6.07) is 0. The molecule has 0 aliphatic heterocycles. The summed E-state index contributed by atoms with van der Waals surface area (Å²) in [7, 11) is 1.48. The van der Waals surface area contributed by atoms with Crippen LogP contribution in [0.1, 0.15) is 23.4 Å². The second kappa shape index (κ2) is 4.49. The molecule has 0 bridgehead atoms. The van der Waals surface area contributed by atoms with Gasteiger partial charge in [-0.25, -0.2) is 8.42 Å². The minimum Gasteiger partial charge on any atom is -0.275 e. The van der Waals surface area contributed by atoms with Crippen LogP contribution in [0.15, 0.2) is 6.20 Å². The third kappa shape index (κ3) is 3.12. The van der Waals surface area contributed by atoms with Gasteiger partial charge in [0.1, 0.15) is 0 Å². The molecule has 0 saturated carbocycles. The van der Waals surface area contributed by atoms with Crippen LogP contribution in [0.5, 0.6) is 0 Å². The number of alkyl halides is 3. The van der Waals surface area contributed by atoms with Crippen molar-refractivity contribution in [2.45, 2.75) is 24.8 Å². The van der Waals surface area contributed by atoms with Crippen LogP contribution in [0.3, 0.4) is 0 Å². The molecule has 0 amide bonds. The largest absolute Gasteiger partial charge is 0.410 e. The molecular weight excluding hydrogens is 281 g/mol. The van der Waals surface area contributed by atoms with E-state index in [1.807, 2.05) is 0 Å². The molecule has 1 unspecified atom stereocenters. The summed E-state index contributed by atoms with van der Waals surface area (Å²) in [4.78, 5) is 0. The van der Waals surface area contributed by atoms with Gasteiger partial charge in [-0.3, -0.25) is 4.68 Å². The van der Waals surface area contributed by atoms with Crippen molar-refractivity contribution in [1.29, 1.82) is 0 Å². The first-order valence-electron chi connectivity index (χ1n) is 4.60. The summed E-state index contributed by atoms with van der Waals surface area (Å²) in [5, 5.41) is 1.03. The molecule has 0 aliphatic carbocycles. The van der Waals surface area contributed by atoms with Crippen LogP contribution in [0.2, 0.25) is 0 Å². The normalized spacial score (nSPS) is 14.9. The van der Waals surface area contributed by atoms with E-state index in [9.17, 15) is 21.6 Å². The van der Waals surface area contributed by atoms with Gasteiger partial charge >= 0.3 is 6.18 Å². The first kappa shape index (κ1) is 14.3. The SMILES string of the molecule is CCc1nn(C)cc1C(C(F)(F)F)S(=O)(=O)Cl. The Morgan fingerprint density at radius 3 is 2.41 bits per heavy atom. The third-order valence-corrected chi connectivity index (χ3v) is 3.75. The number of halogens is 4. The molecule has 1 heterocycles. The van der Waals surface area contributed by atoms with Crippen LogP contribution in [0, 0.1) is 0 Å². The molecular formula is C8H10ClF3N2O2S. The Hall–Kier alpha value is -0.760. The van der Waals surface area contributed by atoms with Gasteiger partial charge in [0.25, 0.3) is 0 Å². The van der Waals surface area contributed by atoms with E-state index in [-0.39, 0.29) is 12.1 Å². The summed E-state index contributed by atoms with van der Waals surface area (Å²) in [6.45, 7) is 1.58. The van der Waals surface area contributed by atoms with Crippen LogP contribution >= 0.6 is 10.7 Å². The van der Waals surface area contributed by atoms with Gasteiger partial charge < -0.3 is 0 Å². The zero-order valence-corrected chi connectivity index (χ0v) is 10.6. The lowest BCUT2D eigenvalue weighted by Crippen LogP contribution is -2.26. The minimum absolute atomic E-state index is 0.0686. The van der Waals surface area contributed by atoms with Crippen LogP contribution in [0.25, 0.3) is 0 Å². The quantitative estimate of drug-likeness (QED) is 0.802. The smallest absolute Gasteiger partial charge is 0.275 e. The second-order valence-electron chi connectivity index (χ2n) is 3.46. The number of hydrogen-bond donors (Lipinski definition) is 0. The maximum Gasteiger partial charge on any atom is 0.410 e. The molecule has 0 fully saturated rings. The van der Waals surface area contributed by atoms with Gasteiger partial charge in [-0.15, -0.1) is 0 Å². The van der Waals surface area contributed by atoms with Gasteiger partial charge in [-0.1, -0.05) is 6.92 Å². The van der Waals surface area contributed by atoms with Crippen molar-refractivity contribution < 1.29 is 21.6 Å². The maximum atomic E-state index is 12.7. The monoisotopic (exact) mass is 290 g/mol. The van der Waals surface area contributed by atoms with Gasteiger partial charge in [-0.05, 0) is 6.42 Å². The Morgan fingerprint density at radius 2 is 2.06 bits per heavy atom. The summed E-state index contributed by atoms with van der Waals surface area (Å²) in [5.74, 6) is 0. The van der Waals surface area contributed by atoms with Crippen molar-refractivity contribution in [2.24, 2.45) is 7.05 Å². The Balaban J connectivity index is 3.43. The Morgan fingerprint density at radius 1 is 1.53 bits per heavy atom. The Labute approximate surface area is 101 Å². The van der Waals surface area contributed by atoms with Crippen LogP contribution in [-0.2, 0) is 22.5 Å². The molecule has 0 N–H and O–H groups in total. The van der Waals surface area contributed by atoms with E-state index >= 15 is 0 Å². The zero-order valence-electron chi connectivity index (χ0n) is 8.99. The van der Waals surface area contributed by atoms with E-state index in [0.717, 1.165) is 10.9 Å². The first-order chi connectivity index (χ1) is 7.57. The molecule has 0 saturated heterocycles. The van der Waals surface area contributed by atoms with Gasteiger partial charge in [-0.2, -0.15) is 18.3 Å². The van der Waals surface area contributed by atoms with E-state index in [2.05, 4.69) is 5.10 Å². The summed E-state index contributed by atoms with van der Waals surface area (Å²) in [5.41, 5.74) is -0.350. The molecule has 98 valence electrons. The lowest BCUT2D eigenvalue weighted by atomic mass is 10.1. The van der Waals surface area contributed by atoms with Crippen LogP contribution < -0.4 is 0 Å². The van der Waals surface area contributed by atoms with E-state index in [1.165, 1.54) is 7.05 Å². The van der Waals surface area contributed by atoms with E-state index in [4.69, 9.17) is 10.7 Å². The lowest BCUT2D eigenvalue weighted by molar-refractivity contribution is -0.131. The van der Waals surface area contributed by atoms with Gasteiger partial charge in [0, 0.05) is 29.5 Å². The minimum atomic E-state index is -4.96. The predicted octanol–water partition coefficient (Wildman–Crippen LogP) is 2.15. The fraction of sp³-hybridized carbons (Fsp3) is 0.625. The summed E-state index contributed by atoms with van der Waals surface area (Å²) < 4.78 is 61.4. The van der Waals surface area contributed by atoms with Gasteiger partial charge in [0.05, 0.1) is 5.69 Å².